The fourth-order valence-electron chi connectivity index (χ4n) is 3.32. The van der Waals surface area contributed by atoms with Crippen LogP contribution in [0.5, 0.6) is 5.75 Å². The smallest absolute Gasteiger partial charge is 0.234 e. The molecule has 0 bridgehead atoms. The Labute approximate surface area is 197 Å². The predicted molar refractivity (Wildman–Crippen MR) is 131 cm³/mol. The molecule has 2 heterocycles. The summed E-state index contributed by atoms with van der Waals surface area (Å²) in [6, 6.07) is 17.4. The highest BCUT2D eigenvalue weighted by molar-refractivity contribution is 7.99. The topological polar surface area (TPSA) is 81.9 Å². The summed E-state index contributed by atoms with van der Waals surface area (Å²) in [7, 11) is 0. The first-order valence-corrected chi connectivity index (χ1v) is 11.6. The van der Waals surface area contributed by atoms with Crippen molar-refractivity contribution in [3.05, 3.63) is 78.1 Å². The van der Waals surface area contributed by atoms with Crippen LogP contribution < -0.4 is 10.1 Å². The summed E-state index contributed by atoms with van der Waals surface area (Å²) in [5.74, 6) is 1.38. The molecule has 0 unspecified atom stereocenters. The van der Waals surface area contributed by atoms with Crippen LogP contribution in [-0.4, -0.2) is 38.0 Å². The number of nitrogens with zero attached hydrogens (tertiary/aromatic N) is 4. The zero-order chi connectivity index (χ0) is 23.2. The van der Waals surface area contributed by atoms with Gasteiger partial charge in [0.2, 0.25) is 5.91 Å². The van der Waals surface area contributed by atoms with Gasteiger partial charge in [0.25, 0.3) is 0 Å². The van der Waals surface area contributed by atoms with Crippen molar-refractivity contribution < 1.29 is 9.53 Å². The van der Waals surface area contributed by atoms with Crippen LogP contribution in [-0.2, 0) is 4.79 Å². The normalized spacial score (nSPS) is 10.8. The lowest BCUT2D eigenvalue weighted by molar-refractivity contribution is -0.113. The van der Waals surface area contributed by atoms with Gasteiger partial charge in [0.05, 0.1) is 23.7 Å². The monoisotopic (exact) mass is 459 g/mol. The average molecular weight is 460 g/mol. The lowest BCUT2D eigenvalue weighted by Gasteiger charge is -2.13. The van der Waals surface area contributed by atoms with Crippen molar-refractivity contribution in [3.8, 4) is 22.8 Å². The van der Waals surface area contributed by atoms with Gasteiger partial charge in [0.1, 0.15) is 5.75 Å². The lowest BCUT2D eigenvalue weighted by Crippen LogP contribution is -2.15. The van der Waals surface area contributed by atoms with E-state index in [1.807, 2.05) is 54.0 Å². The Bertz CT molecular complexity index is 1260. The van der Waals surface area contributed by atoms with E-state index in [-0.39, 0.29) is 11.7 Å². The number of hydrogen-bond acceptors (Lipinski definition) is 6. The number of carbonyl (C=O) groups is 1. The molecule has 2 aromatic carbocycles. The van der Waals surface area contributed by atoms with E-state index in [0.29, 0.717) is 29.0 Å². The van der Waals surface area contributed by atoms with Crippen molar-refractivity contribution in [1.29, 1.82) is 0 Å². The second-order valence-corrected chi connectivity index (χ2v) is 8.35. The van der Waals surface area contributed by atoms with Gasteiger partial charge in [-0.05, 0) is 68.3 Å². The van der Waals surface area contributed by atoms with Crippen LogP contribution in [0.4, 0.5) is 5.69 Å². The summed E-state index contributed by atoms with van der Waals surface area (Å²) in [5.41, 5.74) is 4.87. The fraction of sp³-hybridized carbons (Fsp3) is 0.200. The standard InChI is InChI=1S/C25H25N5O2S/c1-4-32-22-8-6-5-7-21(22)27-23(31)16-33-25-29-28-24(19-11-13-26-14-12-19)30(25)20-10-9-17(2)18(3)15-20/h5-15H,4,16H2,1-3H3,(H,27,31). The van der Waals surface area contributed by atoms with Gasteiger partial charge in [-0.25, -0.2) is 0 Å². The molecule has 1 amide bonds. The minimum absolute atomic E-state index is 0.146. The molecule has 0 atom stereocenters. The molecule has 0 aliphatic heterocycles. The first kappa shape index (κ1) is 22.5. The Morgan fingerprint density at radius 1 is 1.03 bits per heavy atom. The minimum Gasteiger partial charge on any atom is -0.492 e. The SMILES string of the molecule is CCOc1ccccc1NC(=O)CSc1nnc(-c2ccncc2)n1-c1ccc(C)c(C)c1. The maximum Gasteiger partial charge on any atom is 0.234 e. The first-order chi connectivity index (χ1) is 16.1. The number of rotatable bonds is 8. The molecule has 0 aliphatic carbocycles. The van der Waals surface area contributed by atoms with Crippen molar-refractivity contribution >= 4 is 23.4 Å². The molecule has 2 aromatic heterocycles. The van der Waals surface area contributed by atoms with Crippen LogP contribution in [0.2, 0.25) is 0 Å². The highest BCUT2D eigenvalue weighted by atomic mass is 32.2. The number of aromatic nitrogens is 4. The van der Waals surface area contributed by atoms with Gasteiger partial charge in [-0.2, -0.15) is 0 Å². The van der Waals surface area contributed by atoms with Gasteiger partial charge >= 0.3 is 0 Å². The third-order valence-corrected chi connectivity index (χ3v) is 6.04. The molecule has 4 rings (SSSR count). The van der Waals surface area contributed by atoms with Crippen molar-refractivity contribution in [2.24, 2.45) is 0 Å². The summed E-state index contributed by atoms with van der Waals surface area (Å²) in [4.78, 5) is 16.8. The number of amides is 1. The number of nitrogens with one attached hydrogen (secondary N) is 1. The van der Waals surface area contributed by atoms with E-state index in [1.54, 1.807) is 12.4 Å². The Morgan fingerprint density at radius 3 is 2.58 bits per heavy atom. The molecule has 168 valence electrons. The highest BCUT2D eigenvalue weighted by Crippen LogP contribution is 2.29. The number of ether oxygens (including phenoxy) is 1. The van der Waals surface area contributed by atoms with Crippen LogP contribution >= 0.6 is 11.8 Å². The molecule has 8 heteroatoms. The number of pyridine rings is 1. The summed E-state index contributed by atoms with van der Waals surface area (Å²) in [6.45, 7) is 6.59. The quantitative estimate of drug-likeness (QED) is 0.370. The Balaban J connectivity index is 1.60. The summed E-state index contributed by atoms with van der Waals surface area (Å²) in [6.07, 6.45) is 3.45. The number of thioether (sulfide) groups is 1. The van der Waals surface area contributed by atoms with Gasteiger partial charge in [0, 0.05) is 18.0 Å². The summed E-state index contributed by atoms with van der Waals surface area (Å²) >= 11 is 1.33. The number of para-hydroxylation sites is 2. The molecule has 0 saturated heterocycles. The van der Waals surface area contributed by atoms with E-state index < -0.39 is 0 Å². The molecule has 7 nitrogen and oxygen atoms in total. The van der Waals surface area contributed by atoms with Crippen molar-refractivity contribution in [1.82, 2.24) is 19.7 Å². The number of anilines is 1. The average Bonchev–Trinajstić information content (AvgIpc) is 3.25. The van der Waals surface area contributed by atoms with E-state index in [1.165, 1.54) is 22.9 Å². The number of aryl methyl sites for hydroxylation is 2. The van der Waals surface area contributed by atoms with Crippen LogP contribution in [0.1, 0.15) is 18.1 Å². The minimum atomic E-state index is -0.146. The molecule has 4 aromatic rings. The molecule has 0 saturated carbocycles. The Hall–Kier alpha value is -3.65. The number of benzene rings is 2. The van der Waals surface area contributed by atoms with Gasteiger partial charge in [-0.1, -0.05) is 30.0 Å². The molecule has 0 aliphatic rings. The molecule has 1 N–H and O–H groups in total. The highest BCUT2D eigenvalue weighted by Gasteiger charge is 2.18. The van der Waals surface area contributed by atoms with Crippen LogP contribution in [0.15, 0.2) is 72.1 Å². The van der Waals surface area contributed by atoms with Crippen LogP contribution in [0, 0.1) is 13.8 Å². The molecule has 0 radical (unpaired) electrons. The Kier molecular flexibility index (Phi) is 7.04. The number of hydrogen-bond donors (Lipinski definition) is 1. The molecule has 33 heavy (non-hydrogen) atoms. The van der Waals surface area contributed by atoms with E-state index in [0.717, 1.165) is 11.3 Å². The summed E-state index contributed by atoms with van der Waals surface area (Å²) in [5, 5.41) is 12.4. The van der Waals surface area contributed by atoms with E-state index in [2.05, 4.69) is 46.5 Å². The number of carbonyl (C=O) groups excluding carboxylic acids is 1. The van der Waals surface area contributed by atoms with E-state index in [4.69, 9.17) is 4.74 Å². The molecule has 0 fully saturated rings. The maximum absolute atomic E-state index is 12.7. The fourth-order valence-corrected chi connectivity index (χ4v) is 4.07. The zero-order valence-corrected chi connectivity index (χ0v) is 19.6. The molecule has 0 spiro atoms. The first-order valence-electron chi connectivity index (χ1n) is 10.6. The second-order valence-electron chi connectivity index (χ2n) is 7.41. The van der Waals surface area contributed by atoms with Crippen molar-refractivity contribution in [3.63, 3.8) is 0 Å². The van der Waals surface area contributed by atoms with Gasteiger partial charge in [-0.3, -0.25) is 14.3 Å². The third-order valence-electron chi connectivity index (χ3n) is 5.11. The molecular weight excluding hydrogens is 434 g/mol. The van der Waals surface area contributed by atoms with Gasteiger partial charge in [0.15, 0.2) is 11.0 Å². The largest absolute Gasteiger partial charge is 0.492 e. The second kappa shape index (κ2) is 10.3. The van der Waals surface area contributed by atoms with Crippen molar-refractivity contribution in [2.45, 2.75) is 25.9 Å². The predicted octanol–water partition coefficient (Wildman–Crippen LogP) is 5.08. The van der Waals surface area contributed by atoms with E-state index in [9.17, 15) is 4.79 Å². The van der Waals surface area contributed by atoms with Gasteiger partial charge < -0.3 is 10.1 Å². The van der Waals surface area contributed by atoms with E-state index >= 15 is 0 Å². The zero-order valence-electron chi connectivity index (χ0n) is 18.8. The lowest BCUT2D eigenvalue weighted by atomic mass is 10.1. The summed E-state index contributed by atoms with van der Waals surface area (Å²) < 4.78 is 7.58. The van der Waals surface area contributed by atoms with Gasteiger partial charge in [-0.15, -0.1) is 10.2 Å². The maximum atomic E-state index is 12.7. The van der Waals surface area contributed by atoms with Crippen molar-refractivity contribution in [2.75, 3.05) is 17.7 Å². The van der Waals surface area contributed by atoms with Crippen LogP contribution in [0.25, 0.3) is 17.1 Å². The molecular formula is C25H25N5O2S. The third kappa shape index (κ3) is 5.23. The Morgan fingerprint density at radius 2 is 1.82 bits per heavy atom. The van der Waals surface area contributed by atoms with Crippen LogP contribution in [0.3, 0.4) is 0 Å².